The highest BCUT2D eigenvalue weighted by Crippen LogP contribution is 2.19. The Morgan fingerprint density at radius 3 is 1.57 bits per heavy atom. The van der Waals surface area contributed by atoms with Crippen molar-refractivity contribution in [3.8, 4) is 0 Å². The predicted octanol–water partition coefficient (Wildman–Crippen LogP) is 4.35. The van der Waals surface area contributed by atoms with Crippen molar-refractivity contribution in [3.05, 3.63) is 11.1 Å². The highest BCUT2D eigenvalue weighted by atomic mass is 16.4. The van der Waals surface area contributed by atoms with Gasteiger partial charge < -0.3 is 10.2 Å². The van der Waals surface area contributed by atoms with E-state index in [1.165, 1.54) is 0 Å². The Bertz CT molecular complexity index is 423. The molecule has 132 valence electrons. The van der Waals surface area contributed by atoms with Gasteiger partial charge in [0.2, 0.25) is 0 Å². The van der Waals surface area contributed by atoms with E-state index in [4.69, 9.17) is 0 Å². The molecule has 0 unspecified atom stereocenters. The summed E-state index contributed by atoms with van der Waals surface area (Å²) >= 11 is 0. The number of carbonyl (C=O) groups is 3. The summed E-state index contributed by atoms with van der Waals surface area (Å²) < 4.78 is 0. The topological polar surface area (TPSA) is 91.7 Å². The predicted molar refractivity (Wildman–Crippen MR) is 89.4 cm³/mol. The second-order valence-corrected chi connectivity index (χ2v) is 5.90. The maximum absolute atomic E-state index is 11.9. The summed E-state index contributed by atoms with van der Waals surface area (Å²) in [5.74, 6) is -2.71. The highest BCUT2D eigenvalue weighted by Gasteiger charge is 2.22. The summed E-state index contributed by atoms with van der Waals surface area (Å²) in [6.45, 7) is 4.12. The van der Waals surface area contributed by atoms with Crippen molar-refractivity contribution in [1.82, 2.24) is 0 Å². The number of Topliss-reactive ketones (excluding diaryl/α,β-unsaturated/α-hetero) is 1. The number of ketones is 1. The first-order valence-corrected chi connectivity index (χ1v) is 8.64. The van der Waals surface area contributed by atoms with Gasteiger partial charge in [-0.05, 0) is 19.3 Å². The molecular weight excluding hydrogens is 296 g/mol. The quantitative estimate of drug-likeness (QED) is 0.366. The van der Waals surface area contributed by atoms with E-state index in [0.717, 1.165) is 44.9 Å². The van der Waals surface area contributed by atoms with Crippen LogP contribution in [-0.4, -0.2) is 27.9 Å². The van der Waals surface area contributed by atoms with Crippen LogP contribution in [0.4, 0.5) is 0 Å². The number of aliphatic carboxylic acids is 2. The van der Waals surface area contributed by atoms with Gasteiger partial charge in [0.25, 0.3) is 0 Å². The van der Waals surface area contributed by atoms with Crippen LogP contribution < -0.4 is 0 Å². The molecule has 0 radical (unpaired) electrons. The third-order valence-corrected chi connectivity index (χ3v) is 3.84. The zero-order valence-electron chi connectivity index (χ0n) is 14.4. The number of carboxylic acids is 2. The second-order valence-electron chi connectivity index (χ2n) is 5.90. The molecule has 0 aliphatic carbocycles. The normalized spacial score (nSPS) is 11.9. The molecule has 0 bridgehead atoms. The molecule has 5 nitrogen and oxygen atoms in total. The van der Waals surface area contributed by atoms with Gasteiger partial charge in [-0.15, -0.1) is 0 Å². The van der Waals surface area contributed by atoms with Crippen LogP contribution in [0, 0.1) is 0 Å². The van der Waals surface area contributed by atoms with E-state index >= 15 is 0 Å². The van der Waals surface area contributed by atoms with Gasteiger partial charge in [-0.1, -0.05) is 52.4 Å². The SMILES string of the molecule is CCCCCCC(=O)CC(C(=O)O)=C(CCCCCC)C(=O)O. The fourth-order valence-corrected chi connectivity index (χ4v) is 2.46. The molecule has 0 aromatic rings. The van der Waals surface area contributed by atoms with E-state index in [9.17, 15) is 24.6 Å². The lowest BCUT2D eigenvalue weighted by Crippen LogP contribution is -2.15. The summed E-state index contributed by atoms with van der Waals surface area (Å²) in [6.07, 6.45) is 7.55. The lowest BCUT2D eigenvalue weighted by atomic mass is 9.96. The number of carbonyl (C=O) groups excluding carboxylic acids is 1. The number of rotatable bonds is 14. The Labute approximate surface area is 138 Å². The van der Waals surface area contributed by atoms with Gasteiger partial charge in [-0.3, -0.25) is 4.79 Å². The van der Waals surface area contributed by atoms with E-state index in [0.29, 0.717) is 12.8 Å². The van der Waals surface area contributed by atoms with Crippen LogP contribution in [0.2, 0.25) is 0 Å². The smallest absolute Gasteiger partial charge is 0.332 e. The summed E-state index contributed by atoms with van der Waals surface area (Å²) in [5, 5.41) is 18.6. The van der Waals surface area contributed by atoms with Gasteiger partial charge in [0.05, 0.1) is 5.57 Å². The third kappa shape index (κ3) is 9.87. The first kappa shape index (κ1) is 21.4. The van der Waals surface area contributed by atoms with Crippen LogP contribution in [0.5, 0.6) is 0 Å². The van der Waals surface area contributed by atoms with Crippen molar-refractivity contribution in [3.63, 3.8) is 0 Å². The molecule has 0 fully saturated rings. The van der Waals surface area contributed by atoms with Gasteiger partial charge in [-0.25, -0.2) is 9.59 Å². The third-order valence-electron chi connectivity index (χ3n) is 3.84. The molecule has 0 saturated carbocycles. The fraction of sp³-hybridized carbons (Fsp3) is 0.722. The Morgan fingerprint density at radius 1 is 0.652 bits per heavy atom. The summed E-state index contributed by atoms with van der Waals surface area (Å²) in [7, 11) is 0. The zero-order chi connectivity index (χ0) is 17.7. The molecule has 0 heterocycles. The minimum atomic E-state index is -1.29. The van der Waals surface area contributed by atoms with Crippen LogP contribution in [0.1, 0.15) is 84.5 Å². The maximum atomic E-state index is 11.9. The molecule has 0 saturated heterocycles. The molecule has 0 aromatic heterocycles. The Hall–Kier alpha value is -1.65. The average Bonchev–Trinajstić information content (AvgIpc) is 2.49. The number of hydrogen-bond donors (Lipinski definition) is 2. The van der Waals surface area contributed by atoms with Crippen molar-refractivity contribution in [2.45, 2.75) is 84.5 Å². The first-order valence-electron chi connectivity index (χ1n) is 8.64. The molecule has 0 amide bonds. The van der Waals surface area contributed by atoms with Gasteiger partial charge in [0, 0.05) is 18.4 Å². The summed E-state index contributed by atoms with van der Waals surface area (Å²) in [4.78, 5) is 34.7. The van der Waals surface area contributed by atoms with E-state index in [-0.39, 0.29) is 29.8 Å². The minimum absolute atomic E-state index is 0.115. The van der Waals surface area contributed by atoms with Gasteiger partial charge in [0.1, 0.15) is 5.78 Å². The molecule has 5 heteroatoms. The van der Waals surface area contributed by atoms with Crippen molar-refractivity contribution in [2.24, 2.45) is 0 Å². The zero-order valence-corrected chi connectivity index (χ0v) is 14.4. The summed E-state index contributed by atoms with van der Waals surface area (Å²) in [6, 6.07) is 0. The van der Waals surface area contributed by atoms with Gasteiger partial charge in [-0.2, -0.15) is 0 Å². The van der Waals surface area contributed by atoms with E-state index in [1.54, 1.807) is 0 Å². The fourth-order valence-electron chi connectivity index (χ4n) is 2.46. The number of carboxylic acid groups (broad SMARTS) is 2. The second kappa shape index (κ2) is 12.9. The molecule has 0 atom stereocenters. The van der Waals surface area contributed by atoms with E-state index in [2.05, 4.69) is 6.92 Å². The monoisotopic (exact) mass is 326 g/mol. The lowest BCUT2D eigenvalue weighted by Gasteiger charge is -2.09. The van der Waals surface area contributed by atoms with E-state index < -0.39 is 11.9 Å². The van der Waals surface area contributed by atoms with Crippen LogP contribution in [0.25, 0.3) is 0 Å². The van der Waals surface area contributed by atoms with Crippen LogP contribution >= 0.6 is 0 Å². The lowest BCUT2D eigenvalue weighted by molar-refractivity contribution is -0.136. The van der Waals surface area contributed by atoms with Gasteiger partial charge >= 0.3 is 11.9 Å². The van der Waals surface area contributed by atoms with Crippen molar-refractivity contribution in [2.75, 3.05) is 0 Å². The number of unbranched alkanes of at least 4 members (excludes halogenated alkanes) is 6. The van der Waals surface area contributed by atoms with Gasteiger partial charge in [0.15, 0.2) is 0 Å². The first-order chi connectivity index (χ1) is 10.9. The van der Waals surface area contributed by atoms with Crippen molar-refractivity contribution in [1.29, 1.82) is 0 Å². The molecule has 0 spiro atoms. The van der Waals surface area contributed by atoms with Crippen LogP contribution in [-0.2, 0) is 14.4 Å². The molecular formula is C18H30O5. The Morgan fingerprint density at radius 2 is 1.13 bits per heavy atom. The maximum Gasteiger partial charge on any atom is 0.332 e. The average molecular weight is 326 g/mol. The van der Waals surface area contributed by atoms with Crippen molar-refractivity contribution >= 4 is 17.7 Å². The Balaban J connectivity index is 4.80. The molecule has 0 aliphatic rings. The van der Waals surface area contributed by atoms with Crippen LogP contribution in [0.15, 0.2) is 11.1 Å². The molecule has 0 rings (SSSR count). The van der Waals surface area contributed by atoms with Crippen molar-refractivity contribution < 1.29 is 24.6 Å². The number of hydrogen-bond acceptors (Lipinski definition) is 3. The Kier molecular flexibility index (Phi) is 11.9. The van der Waals surface area contributed by atoms with Crippen LogP contribution in [0.3, 0.4) is 0 Å². The molecule has 0 aliphatic heterocycles. The largest absolute Gasteiger partial charge is 0.478 e. The van der Waals surface area contributed by atoms with E-state index in [1.807, 2.05) is 6.92 Å². The molecule has 0 aromatic carbocycles. The molecule has 23 heavy (non-hydrogen) atoms. The molecule has 2 N–H and O–H groups in total. The summed E-state index contributed by atoms with van der Waals surface area (Å²) in [5.41, 5.74) is -0.356. The highest BCUT2D eigenvalue weighted by molar-refractivity contribution is 6.02. The standard InChI is InChI=1S/C18H30O5/c1-3-5-7-9-11-14(19)13-16(18(22)23)15(17(20)21)12-10-8-6-4-2/h3-13H2,1-2H3,(H,20,21)(H,22,23). The minimum Gasteiger partial charge on any atom is -0.478 e.